The lowest BCUT2D eigenvalue weighted by Gasteiger charge is -2.10. The van der Waals surface area contributed by atoms with Gasteiger partial charge in [0.2, 0.25) is 11.9 Å². The number of nitrogens with one attached hydrogen (secondary N) is 1. The van der Waals surface area contributed by atoms with Crippen molar-refractivity contribution < 1.29 is 8.42 Å². The van der Waals surface area contributed by atoms with E-state index >= 15 is 0 Å². The van der Waals surface area contributed by atoms with Crippen molar-refractivity contribution in [2.24, 2.45) is 21.6 Å². The van der Waals surface area contributed by atoms with Crippen LogP contribution in [0, 0.1) is 5.41 Å². The molecule has 0 aromatic rings. The summed E-state index contributed by atoms with van der Waals surface area (Å²) in [6, 6.07) is 0. The van der Waals surface area contributed by atoms with Crippen molar-refractivity contribution in [2.45, 2.75) is 0 Å². The molecule has 0 amide bonds. The van der Waals surface area contributed by atoms with Crippen LogP contribution < -0.4 is 17.2 Å². The van der Waals surface area contributed by atoms with Gasteiger partial charge in [-0.15, -0.1) is 4.40 Å². The third-order valence-corrected chi connectivity index (χ3v) is 2.56. The molecule has 0 aliphatic heterocycles. The predicted molar refractivity (Wildman–Crippen MR) is 47.5 cm³/mol. The molecule has 0 radical (unpaired) electrons. The molecule has 0 bridgehead atoms. The summed E-state index contributed by atoms with van der Waals surface area (Å²) < 4.78 is 24.7. The Hall–Kier alpha value is -1.16. The second-order valence-electron chi connectivity index (χ2n) is 1.62. The lowest BCUT2D eigenvalue weighted by molar-refractivity contribution is 0.579. The van der Waals surface area contributed by atoms with Crippen LogP contribution in [-0.2, 0) is 10.2 Å². The minimum absolute atomic E-state index is 0.132. The first kappa shape index (κ1) is 10.8. The highest BCUT2D eigenvalue weighted by atomic mass is 32.3. The van der Waals surface area contributed by atoms with Crippen molar-refractivity contribution in [1.29, 1.82) is 5.41 Å². The standard InChI is InChI=1S/C2H8N6O2S2/c3-1(4)7-12(9,10)8(11)2(5)6/h11H,(H3,5,6)(H4,3,4,7). The minimum Gasteiger partial charge on any atom is -0.369 e. The summed E-state index contributed by atoms with van der Waals surface area (Å²) >= 11 is 3.36. The van der Waals surface area contributed by atoms with Crippen LogP contribution in [0.15, 0.2) is 4.40 Å². The van der Waals surface area contributed by atoms with E-state index in [1.54, 1.807) is 0 Å². The van der Waals surface area contributed by atoms with Gasteiger partial charge in [-0.05, 0) is 12.8 Å². The van der Waals surface area contributed by atoms with Crippen molar-refractivity contribution in [3.8, 4) is 0 Å². The fourth-order valence-electron chi connectivity index (χ4n) is 0.296. The first-order chi connectivity index (χ1) is 5.27. The molecule has 0 aliphatic rings. The molecule has 12 heavy (non-hydrogen) atoms. The molecule has 0 heterocycles. The van der Waals surface area contributed by atoms with Gasteiger partial charge in [0.15, 0.2) is 0 Å². The minimum atomic E-state index is -4.17. The molecule has 0 fully saturated rings. The normalized spacial score (nSPS) is 10.4. The zero-order valence-corrected chi connectivity index (χ0v) is 7.51. The van der Waals surface area contributed by atoms with E-state index in [1.807, 2.05) is 0 Å². The molecule has 0 saturated carbocycles. The van der Waals surface area contributed by atoms with Crippen LogP contribution in [0.4, 0.5) is 0 Å². The summed E-state index contributed by atoms with van der Waals surface area (Å²) in [5.74, 6) is -1.46. The second kappa shape index (κ2) is 3.49. The van der Waals surface area contributed by atoms with E-state index in [-0.39, 0.29) is 3.71 Å². The summed E-state index contributed by atoms with van der Waals surface area (Å²) in [5, 5.41) is 6.70. The Bertz CT molecular complexity index is 302. The van der Waals surface area contributed by atoms with Crippen molar-refractivity contribution in [2.75, 3.05) is 0 Å². The number of thiol groups is 1. The van der Waals surface area contributed by atoms with Gasteiger partial charge in [0, 0.05) is 0 Å². The van der Waals surface area contributed by atoms with Crippen LogP contribution in [0.3, 0.4) is 0 Å². The number of nitrogens with zero attached hydrogens (tertiary/aromatic N) is 2. The SMILES string of the molecule is N=C(N)N(S)S(=O)(=O)N=C(N)N. The molecule has 0 aromatic carbocycles. The molecule has 0 saturated heterocycles. The summed E-state index contributed by atoms with van der Waals surface area (Å²) in [7, 11) is -4.17. The quantitative estimate of drug-likeness (QED) is 0.195. The summed E-state index contributed by atoms with van der Waals surface area (Å²) in [5.41, 5.74) is 14.4. The zero-order chi connectivity index (χ0) is 9.94. The molecular formula is C2H8N6O2S2. The van der Waals surface area contributed by atoms with Crippen LogP contribution in [0.5, 0.6) is 0 Å². The molecule has 0 aliphatic carbocycles. The van der Waals surface area contributed by atoms with Gasteiger partial charge in [-0.3, -0.25) is 5.41 Å². The first-order valence-electron chi connectivity index (χ1n) is 2.46. The summed E-state index contributed by atoms with van der Waals surface area (Å²) in [6.07, 6.45) is 0. The predicted octanol–water partition coefficient (Wildman–Crippen LogP) is -2.46. The van der Waals surface area contributed by atoms with E-state index in [9.17, 15) is 8.42 Å². The van der Waals surface area contributed by atoms with E-state index in [1.165, 1.54) is 0 Å². The van der Waals surface area contributed by atoms with Crippen LogP contribution in [0.25, 0.3) is 0 Å². The van der Waals surface area contributed by atoms with Crippen LogP contribution in [-0.4, -0.2) is 24.0 Å². The molecule has 10 heteroatoms. The maximum Gasteiger partial charge on any atom is 0.359 e. The third kappa shape index (κ3) is 2.84. The van der Waals surface area contributed by atoms with Crippen LogP contribution in [0.2, 0.25) is 0 Å². The highest BCUT2D eigenvalue weighted by Gasteiger charge is 2.18. The second-order valence-corrected chi connectivity index (χ2v) is 3.74. The van der Waals surface area contributed by atoms with Crippen molar-refractivity contribution >= 4 is 34.9 Å². The number of nitrogens with two attached hydrogens (primary N) is 3. The van der Waals surface area contributed by atoms with Crippen molar-refractivity contribution in [3.05, 3.63) is 0 Å². The van der Waals surface area contributed by atoms with Gasteiger partial charge in [-0.2, -0.15) is 12.1 Å². The van der Waals surface area contributed by atoms with Gasteiger partial charge in [-0.1, -0.05) is 0 Å². The van der Waals surface area contributed by atoms with Crippen LogP contribution in [0.1, 0.15) is 0 Å². The van der Waals surface area contributed by atoms with Gasteiger partial charge >= 0.3 is 10.2 Å². The van der Waals surface area contributed by atoms with E-state index in [4.69, 9.17) is 22.6 Å². The Kier molecular flexibility index (Phi) is 3.15. The maximum atomic E-state index is 10.9. The van der Waals surface area contributed by atoms with Gasteiger partial charge in [0.05, 0.1) is 0 Å². The summed E-state index contributed by atoms with van der Waals surface area (Å²) in [4.78, 5) is 0. The largest absolute Gasteiger partial charge is 0.369 e. The Labute approximate surface area is 74.7 Å². The molecule has 0 unspecified atom stereocenters. The topological polar surface area (TPSA) is 152 Å². The van der Waals surface area contributed by atoms with E-state index < -0.39 is 22.1 Å². The van der Waals surface area contributed by atoms with Crippen molar-refractivity contribution in [1.82, 2.24) is 3.71 Å². The Morgan fingerprint density at radius 3 is 2.08 bits per heavy atom. The molecule has 7 N–H and O–H groups in total. The van der Waals surface area contributed by atoms with E-state index in [0.29, 0.717) is 0 Å². The lowest BCUT2D eigenvalue weighted by atomic mass is 11.1. The average Bonchev–Trinajstić information content (AvgIpc) is 1.82. The third-order valence-electron chi connectivity index (χ3n) is 0.645. The maximum absolute atomic E-state index is 10.9. The molecule has 0 rings (SSSR count). The fourth-order valence-corrected chi connectivity index (χ4v) is 0.998. The molecule has 0 atom stereocenters. The Balaban J connectivity index is 4.89. The molecular weight excluding hydrogens is 204 g/mol. The highest BCUT2D eigenvalue weighted by molar-refractivity contribution is 7.99. The van der Waals surface area contributed by atoms with E-state index in [2.05, 4.69) is 17.2 Å². The monoisotopic (exact) mass is 212 g/mol. The van der Waals surface area contributed by atoms with Gasteiger partial charge in [0.25, 0.3) is 0 Å². The van der Waals surface area contributed by atoms with Gasteiger partial charge in [0.1, 0.15) is 0 Å². The van der Waals surface area contributed by atoms with Crippen molar-refractivity contribution in [3.63, 3.8) is 0 Å². The molecule has 70 valence electrons. The first-order valence-corrected chi connectivity index (χ1v) is 4.26. The Morgan fingerprint density at radius 1 is 1.42 bits per heavy atom. The van der Waals surface area contributed by atoms with Crippen LogP contribution >= 0.6 is 12.8 Å². The number of hydrogen-bond acceptors (Lipinski definition) is 4. The fraction of sp³-hybridized carbons (Fsp3) is 0. The lowest BCUT2D eigenvalue weighted by Crippen LogP contribution is -2.35. The molecule has 0 aromatic heterocycles. The molecule has 0 spiro atoms. The molecule has 8 nitrogen and oxygen atoms in total. The van der Waals surface area contributed by atoms with Gasteiger partial charge < -0.3 is 17.2 Å². The summed E-state index contributed by atoms with van der Waals surface area (Å²) in [6.45, 7) is 0. The number of rotatable bonds is 2. The highest BCUT2D eigenvalue weighted by Crippen LogP contribution is 2.03. The number of guanidine groups is 2. The zero-order valence-electron chi connectivity index (χ0n) is 5.80. The van der Waals surface area contributed by atoms with Gasteiger partial charge in [-0.25, -0.2) is 0 Å². The number of hydrogen-bond donors (Lipinski definition) is 5. The Morgan fingerprint density at radius 2 is 1.83 bits per heavy atom. The van der Waals surface area contributed by atoms with E-state index in [0.717, 1.165) is 0 Å². The average molecular weight is 212 g/mol. The smallest absolute Gasteiger partial charge is 0.359 e.